The van der Waals surface area contributed by atoms with Crippen molar-refractivity contribution in [3.05, 3.63) is 95.6 Å². The van der Waals surface area contributed by atoms with Gasteiger partial charge in [0.1, 0.15) is 12.4 Å². The highest BCUT2D eigenvalue weighted by molar-refractivity contribution is 6.10. The summed E-state index contributed by atoms with van der Waals surface area (Å²) >= 11 is 0. The number of hydrogen-bond acceptors (Lipinski definition) is 3. The number of nitrogens with one attached hydrogen (secondary N) is 2. The second-order valence-electron chi connectivity index (χ2n) is 7.37. The quantitative estimate of drug-likeness (QED) is 0.563. The summed E-state index contributed by atoms with van der Waals surface area (Å²) in [5.41, 5.74) is 2.31. The van der Waals surface area contributed by atoms with Crippen LogP contribution in [0, 0.1) is 5.92 Å². The SMILES string of the molecule is CC(C)CNC(=O)c1ccccc1NC(=O)c1ccccc1OCc1ccccc1. The van der Waals surface area contributed by atoms with E-state index in [1.165, 1.54) is 0 Å². The number of benzene rings is 3. The molecule has 154 valence electrons. The van der Waals surface area contributed by atoms with Crippen LogP contribution in [0.3, 0.4) is 0 Å². The van der Waals surface area contributed by atoms with E-state index in [1.54, 1.807) is 42.5 Å². The minimum absolute atomic E-state index is 0.215. The van der Waals surface area contributed by atoms with Crippen LogP contribution in [0.4, 0.5) is 5.69 Å². The molecule has 5 nitrogen and oxygen atoms in total. The zero-order valence-corrected chi connectivity index (χ0v) is 17.2. The van der Waals surface area contributed by atoms with E-state index >= 15 is 0 Å². The van der Waals surface area contributed by atoms with Crippen molar-refractivity contribution < 1.29 is 14.3 Å². The van der Waals surface area contributed by atoms with Crippen LogP contribution >= 0.6 is 0 Å². The summed E-state index contributed by atoms with van der Waals surface area (Å²) in [5.74, 6) is 0.279. The van der Waals surface area contributed by atoms with Gasteiger partial charge in [0.15, 0.2) is 0 Å². The first-order valence-corrected chi connectivity index (χ1v) is 9.99. The van der Waals surface area contributed by atoms with E-state index in [1.807, 2.05) is 50.2 Å². The molecule has 3 aromatic carbocycles. The molecule has 3 rings (SSSR count). The fourth-order valence-corrected chi connectivity index (χ4v) is 2.89. The van der Waals surface area contributed by atoms with Gasteiger partial charge in [-0.1, -0.05) is 68.4 Å². The number of para-hydroxylation sites is 2. The van der Waals surface area contributed by atoms with Crippen molar-refractivity contribution in [2.24, 2.45) is 5.92 Å². The fourth-order valence-electron chi connectivity index (χ4n) is 2.89. The van der Waals surface area contributed by atoms with Gasteiger partial charge < -0.3 is 15.4 Å². The third kappa shape index (κ3) is 5.70. The van der Waals surface area contributed by atoms with Crippen molar-refractivity contribution >= 4 is 17.5 Å². The van der Waals surface area contributed by atoms with Crippen molar-refractivity contribution in [2.45, 2.75) is 20.5 Å². The molecule has 2 amide bonds. The first-order valence-electron chi connectivity index (χ1n) is 9.99. The molecule has 0 radical (unpaired) electrons. The van der Waals surface area contributed by atoms with Crippen molar-refractivity contribution in [3.8, 4) is 5.75 Å². The summed E-state index contributed by atoms with van der Waals surface area (Å²) in [6.07, 6.45) is 0. The van der Waals surface area contributed by atoms with Gasteiger partial charge in [0.25, 0.3) is 11.8 Å². The van der Waals surface area contributed by atoms with Crippen molar-refractivity contribution in [2.75, 3.05) is 11.9 Å². The lowest BCUT2D eigenvalue weighted by molar-refractivity contribution is 0.0950. The van der Waals surface area contributed by atoms with Crippen LogP contribution in [-0.4, -0.2) is 18.4 Å². The van der Waals surface area contributed by atoms with Crippen LogP contribution in [0.15, 0.2) is 78.9 Å². The molecule has 0 aliphatic heterocycles. The molecule has 0 saturated carbocycles. The molecule has 0 bridgehead atoms. The van der Waals surface area contributed by atoms with Crippen LogP contribution in [-0.2, 0) is 6.61 Å². The lowest BCUT2D eigenvalue weighted by atomic mass is 10.1. The number of carbonyl (C=O) groups excluding carboxylic acids is 2. The topological polar surface area (TPSA) is 67.4 Å². The van der Waals surface area contributed by atoms with Gasteiger partial charge in [-0.25, -0.2) is 0 Å². The summed E-state index contributed by atoms with van der Waals surface area (Å²) in [5, 5.41) is 5.74. The molecule has 5 heteroatoms. The summed E-state index contributed by atoms with van der Waals surface area (Å²) < 4.78 is 5.88. The maximum Gasteiger partial charge on any atom is 0.259 e. The van der Waals surface area contributed by atoms with Gasteiger partial charge in [0.2, 0.25) is 0 Å². The number of carbonyl (C=O) groups is 2. The van der Waals surface area contributed by atoms with Crippen molar-refractivity contribution in [1.29, 1.82) is 0 Å². The Morgan fingerprint density at radius 1 is 0.800 bits per heavy atom. The summed E-state index contributed by atoms with van der Waals surface area (Å²) in [7, 11) is 0. The normalized spacial score (nSPS) is 10.5. The molecule has 0 aliphatic carbocycles. The highest BCUT2D eigenvalue weighted by atomic mass is 16.5. The van der Waals surface area contributed by atoms with E-state index < -0.39 is 0 Å². The molecule has 2 N–H and O–H groups in total. The molecule has 0 fully saturated rings. The Labute approximate surface area is 177 Å². The van der Waals surface area contributed by atoms with Crippen LogP contribution < -0.4 is 15.4 Å². The van der Waals surface area contributed by atoms with Crippen molar-refractivity contribution in [3.63, 3.8) is 0 Å². The average Bonchev–Trinajstić information content (AvgIpc) is 2.77. The van der Waals surface area contributed by atoms with Gasteiger partial charge in [-0.3, -0.25) is 9.59 Å². The highest BCUT2D eigenvalue weighted by Crippen LogP contribution is 2.22. The van der Waals surface area contributed by atoms with Gasteiger partial charge >= 0.3 is 0 Å². The first kappa shape index (κ1) is 21.1. The summed E-state index contributed by atoms with van der Waals surface area (Å²) in [6.45, 7) is 4.98. The van der Waals surface area contributed by atoms with Crippen LogP contribution in [0.5, 0.6) is 5.75 Å². The molecule has 0 heterocycles. The second-order valence-corrected chi connectivity index (χ2v) is 7.37. The Morgan fingerprint density at radius 3 is 2.17 bits per heavy atom. The minimum atomic E-state index is -0.331. The maximum atomic E-state index is 13.0. The van der Waals surface area contributed by atoms with E-state index in [0.717, 1.165) is 5.56 Å². The van der Waals surface area contributed by atoms with Crippen LogP contribution in [0.25, 0.3) is 0 Å². The maximum absolute atomic E-state index is 13.0. The third-order valence-electron chi connectivity index (χ3n) is 4.46. The summed E-state index contributed by atoms with van der Waals surface area (Å²) in [4.78, 5) is 25.5. The molecule has 0 spiro atoms. The van der Waals surface area contributed by atoms with Gasteiger partial charge in [0.05, 0.1) is 16.8 Å². The molecule has 3 aromatic rings. The monoisotopic (exact) mass is 402 g/mol. The lowest BCUT2D eigenvalue weighted by Crippen LogP contribution is -2.28. The van der Waals surface area contributed by atoms with Gasteiger partial charge in [-0.15, -0.1) is 0 Å². The fraction of sp³-hybridized carbons (Fsp3) is 0.200. The van der Waals surface area contributed by atoms with Crippen molar-refractivity contribution in [1.82, 2.24) is 5.32 Å². The number of amides is 2. The molecular weight excluding hydrogens is 376 g/mol. The smallest absolute Gasteiger partial charge is 0.259 e. The molecule has 0 atom stereocenters. The average molecular weight is 402 g/mol. The zero-order valence-electron chi connectivity index (χ0n) is 17.2. The Balaban J connectivity index is 1.75. The molecule has 0 aromatic heterocycles. The number of hydrogen-bond donors (Lipinski definition) is 2. The lowest BCUT2D eigenvalue weighted by Gasteiger charge is -2.14. The molecule has 0 unspecified atom stereocenters. The largest absolute Gasteiger partial charge is 0.488 e. The Kier molecular flexibility index (Phi) is 7.22. The Bertz CT molecular complexity index is 1000. The van der Waals surface area contributed by atoms with E-state index in [0.29, 0.717) is 41.6 Å². The van der Waals surface area contributed by atoms with Crippen LogP contribution in [0.2, 0.25) is 0 Å². The predicted octanol–water partition coefficient (Wildman–Crippen LogP) is 4.90. The zero-order chi connectivity index (χ0) is 21.3. The predicted molar refractivity (Wildman–Crippen MR) is 119 cm³/mol. The van der Waals surface area contributed by atoms with Gasteiger partial charge in [0, 0.05) is 6.54 Å². The number of ether oxygens (including phenoxy) is 1. The molecule has 30 heavy (non-hydrogen) atoms. The first-order chi connectivity index (χ1) is 14.5. The highest BCUT2D eigenvalue weighted by Gasteiger charge is 2.17. The van der Waals surface area contributed by atoms with Crippen LogP contribution in [0.1, 0.15) is 40.1 Å². The third-order valence-corrected chi connectivity index (χ3v) is 4.46. The minimum Gasteiger partial charge on any atom is -0.488 e. The molecule has 0 saturated heterocycles. The van der Waals surface area contributed by atoms with E-state index in [-0.39, 0.29) is 11.8 Å². The van der Waals surface area contributed by atoms with E-state index in [4.69, 9.17) is 4.74 Å². The summed E-state index contributed by atoms with van der Waals surface area (Å²) in [6, 6.07) is 23.8. The van der Waals surface area contributed by atoms with E-state index in [2.05, 4.69) is 10.6 Å². The van der Waals surface area contributed by atoms with E-state index in [9.17, 15) is 9.59 Å². The molecular formula is C25H26N2O3. The molecule has 0 aliphatic rings. The second kappa shape index (κ2) is 10.3. The Hall–Kier alpha value is -3.60. The Morgan fingerprint density at radius 2 is 1.43 bits per heavy atom. The van der Waals surface area contributed by atoms with Gasteiger partial charge in [-0.2, -0.15) is 0 Å². The van der Waals surface area contributed by atoms with Gasteiger partial charge in [-0.05, 0) is 35.7 Å². The number of rotatable bonds is 8. The standard InChI is InChI=1S/C25H26N2O3/c1-18(2)16-26-24(28)20-12-6-8-14-22(20)27-25(29)21-13-7-9-15-23(21)30-17-19-10-4-3-5-11-19/h3-15,18H,16-17H2,1-2H3,(H,26,28)(H,27,29). The number of anilines is 1.